The number of pyridine rings is 1. The maximum absolute atomic E-state index is 11.4. The molecule has 0 aromatic carbocycles. The van der Waals surface area contributed by atoms with Gasteiger partial charge in [0.2, 0.25) is 0 Å². The molecule has 5 unspecified atom stereocenters. The minimum atomic E-state index is -0.754. The summed E-state index contributed by atoms with van der Waals surface area (Å²) in [6.45, 7) is 13.2. The van der Waals surface area contributed by atoms with Crippen molar-refractivity contribution in [2.24, 2.45) is 22.2 Å². The fraction of sp³-hybridized carbons (Fsp3) is 0.708. The van der Waals surface area contributed by atoms with Gasteiger partial charge in [-0.1, -0.05) is 38.8 Å². The van der Waals surface area contributed by atoms with Crippen molar-refractivity contribution < 1.29 is 10.2 Å². The number of rotatable bonds is 2. The summed E-state index contributed by atoms with van der Waals surface area (Å²) in [7, 11) is 0. The second kappa shape index (κ2) is 5.90. The zero-order valence-corrected chi connectivity index (χ0v) is 17.4. The van der Waals surface area contributed by atoms with Crippen LogP contribution in [0.25, 0.3) is 0 Å². The van der Waals surface area contributed by atoms with Gasteiger partial charge in [-0.2, -0.15) is 0 Å². The standard InChI is InChI=1S/C24H35NO2/c1-6-24-14-17(18-11-9-10-16(2)25-18)23(5,27)20(24)19(26)15-21(3)12-7-8-13-22(21,24)4/h6,9-11,17,19-20,26-27H,1,7-8,12-15H2,2-5H3/p+1/t17-,19+,20?,21?,22?,23?,24?/m1/s1. The molecule has 7 atom stereocenters. The van der Waals surface area contributed by atoms with E-state index >= 15 is 0 Å². The van der Waals surface area contributed by atoms with E-state index in [4.69, 9.17) is 4.98 Å². The SMILES string of the molecule is C=CC12C[C@H](c3cccc(C)n3)C(C)([OH2+])C1[C@@H](O)CC1(C)CCCCC12C. The molecule has 3 saturated carbocycles. The zero-order valence-electron chi connectivity index (χ0n) is 17.4. The summed E-state index contributed by atoms with van der Waals surface area (Å²) in [5, 5.41) is 20.8. The molecule has 3 heteroatoms. The zero-order chi connectivity index (χ0) is 19.7. The monoisotopic (exact) mass is 370 g/mol. The number of aliphatic hydroxyl groups is 1. The van der Waals surface area contributed by atoms with Crippen LogP contribution >= 0.6 is 0 Å². The minimum absolute atomic E-state index is 0.0242. The fourth-order valence-corrected chi connectivity index (χ4v) is 7.62. The molecule has 0 saturated heterocycles. The molecule has 1 heterocycles. The van der Waals surface area contributed by atoms with E-state index in [9.17, 15) is 10.2 Å². The fourth-order valence-electron chi connectivity index (χ4n) is 7.62. The van der Waals surface area contributed by atoms with Crippen LogP contribution in [0.5, 0.6) is 0 Å². The molecule has 3 nitrogen and oxygen atoms in total. The lowest BCUT2D eigenvalue weighted by Gasteiger charge is -2.65. The molecular formula is C24H36NO2+. The average molecular weight is 371 g/mol. The van der Waals surface area contributed by atoms with Gasteiger partial charge in [-0.25, -0.2) is 0 Å². The predicted molar refractivity (Wildman–Crippen MR) is 110 cm³/mol. The van der Waals surface area contributed by atoms with E-state index in [1.165, 1.54) is 25.7 Å². The summed E-state index contributed by atoms with van der Waals surface area (Å²) in [6, 6.07) is 6.15. The third kappa shape index (κ3) is 2.31. The van der Waals surface area contributed by atoms with E-state index in [0.29, 0.717) is 0 Å². The lowest BCUT2D eigenvalue weighted by Crippen LogP contribution is -2.63. The van der Waals surface area contributed by atoms with Crippen molar-refractivity contribution >= 4 is 0 Å². The molecule has 148 valence electrons. The molecule has 0 bridgehead atoms. The van der Waals surface area contributed by atoms with Gasteiger partial charge in [0, 0.05) is 18.0 Å². The minimum Gasteiger partial charge on any atom is -0.440 e. The largest absolute Gasteiger partial charge is 0.440 e. The van der Waals surface area contributed by atoms with Crippen LogP contribution in [-0.2, 0) is 0 Å². The number of hydrogen-bond acceptors (Lipinski definition) is 2. The molecule has 1 aromatic heterocycles. The number of aryl methyl sites for hydroxylation is 1. The Balaban J connectivity index is 1.89. The molecule has 27 heavy (non-hydrogen) atoms. The molecule has 0 aliphatic heterocycles. The smallest absolute Gasteiger partial charge is 0.175 e. The Morgan fingerprint density at radius 3 is 2.56 bits per heavy atom. The molecule has 0 spiro atoms. The summed E-state index contributed by atoms with van der Waals surface area (Å²) in [5.74, 6) is -0.0675. The summed E-state index contributed by atoms with van der Waals surface area (Å²) in [6.07, 6.45) is 8.22. The van der Waals surface area contributed by atoms with Gasteiger partial charge < -0.3 is 10.2 Å². The third-order valence-electron chi connectivity index (χ3n) is 9.16. The summed E-state index contributed by atoms with van der Waals surface area (Å²) < 4.78 is 0. The Morgan fingerprint density at radius 1 is 1.19 bits per heavy atom. The first-order valence-electron chi connectivity index (χ1n) is 10.6. The van der Waals surface area contributed by atoms with Gasteiger partial charge in [0.05, 0.1) is 23.6 Å². The van der Waals surface area contributed by atoms with Crippen LogP contribution in [-0.4, -0.2) is 26.9 Å². The quantitative estimate of drug-likeness (QED) is 0.615. The average Bonchev–Trinajstić information content (AvgIpc) is 2.86. The maximum atomic E-state index is 11.4. The summed E-state index contributed by atoms with van der Waals surface area (Å²) >= 11 is 0. The Hall–Kier alpha value is -1.19. The van der Waals surface area contributed by atoms with Gasteiger partial charge >= 0.3 is 0 Å². The number of aromatic nitrogens is 1. The lowest BCUT2D eigenvalue weighted by atomic mass is 9.39. The van der Waals surface area contributed by atoms with Gasteiger partial charge in [-0.15, -0.1) is 6.58 Å². The third-order valence-corrected chi connectivity index (χ3v) is 9.16. The van der Waals surface area contributed by atoms with Gasteiger partial charge in [0.25, 0.3) is 0 Å². The van der Waals surface area contributed by atoms with Crippen LogP contribution in [0.2, 0.25) is 0 Å². The van der Waals surface area contributed by atoms with E-state index in [1.54, 1.807) is 0 Å². The van der Waals surface area contributed by atoms with Crippen LogP contribution in [0.4, 0.5) is 0 Å². The van der Waals surface area contributed by atoms with Crippen molar-refractivity contribution in [2.75, 3.05) is 0 Å². The predicted octanol–water partition coefficient (Wildman–Crippen LogP) is 4.50. The second-order valence-electron chi connectivity index (χ2n) is 10.3. The van der Waals surface area contributed by atoms with Crippen LogP contribution in [0.1, 0.15) is 76.6 Å². The van der Waals surface area contributed by atoms with Gasteiger partial charge in [0.1, 0.15) is 0 Å². The van der Waals surface area contributed by atoms with Crippen molar-refractivity contribution in [1.82, 2.24) is 4.98 Å². The highest BCUT2D eigenvalue weighted by molar-refractivity contribution is 5.32. The Labute approximate surface area is 163 Å². The molecule has 3 aliphatic carbocycles. The van der Waals surface area contributed by atoms with E-state index < -0.39 is 11.7 Å². The number of fused-ring (bicyclic) bond motifs is 3. The first-order chi connectivity index (χ1) is 12.6. The molecular weight excluding hydrogens is 334 g/mol. The van der Waals surface area contributed by atoms with Gasteiger partial charge in [0.15, 0.2) is 5.60 Å². The second-order valence-corrected chi connectivity index (χ2v) is 10.3. The van der Waals surface area contributed by atoms with Gasteiger partial charge in [-0.05, 0) is 55.6 Å². The highest BCUT2D eigenvalue weighted by Crippen LogP contribution is 2.75. The number of aliphatic hydroxyl groups excluding tert-OH is 1. The van der Waals surface area contributed by atoms with Crippen molar-refractivity contribution in [3.8, 4) is 0 Å². The van der Waals surface area contributed by atoms with Crippen LogP contribution < -0.4 is 0 Å². The molecule has 3 N–H and O–H groups in total. The van der Waals surface area contributed by atoms with E-state index in [2.05, 4.69) is 38.6 Å². The Morgan fingerprint density at radius 2 is 1.89 bits per heavy atom. The maximum Gasteiger partial charge on any atom is 0.175 e. The van der Waals surface area contributed by atoms with Crippen LogP contribution in [0.15, 0.2) is 30.9 Å². The number of allylic oxidation sites excluding steroid dienone is 1. The van der Waals surface area contributed by atoms with Crippen molar-refractivity contribution in [1.29, 1.82) is 0 Å². The number of hydrogen-bond donors (Lipinski definition) is 1. The Bertz CT molecular complexity index is 759. The summed E-state index contributed by atoms with van der Waals surface area (Å²) in [5.41, 5.74) is 1.23. The normalized spacial score (nSPS) is 49.3. The summed E-state index contributed by atoms with van der Waals surface area (Å²) in [4.78, 5) is 4.81. The molecule has 0 radical (unpaired) electrons. The van der Waals surface area contributed by atoms with E-state index in [1.807, 2.05) is 19.9 Å². The van der Waals surface area contributed by atoms with Crippen molar-refractivity contribution in [3.63, 3.8) is 0 Å². The topological polar surface area (TPSA) is 56.0 Å². The van der Waals surface area contributed by atoms with Crippen LogP contribution in [0, 0.1) is 29.1 Å². The molecule has 4 rings (SSSR count). The van der Waals surface area contributed by atoms with E-state index in [-0.39, 0.29) is 28.1 Å². The van der Waals surface area contributed by atoms with Gasteiger partial charge in [-0.3, -0.25) is 4.98 Å². The molecule has 1 aromatic rings. The van der Waals surface area contributed by atoms with Crippen LogP contribution in [0.3, 0.4) is 0 Å². The molecule has 3 fully saturated rings. The number of nitrogens with zero attached hydrogens (tertiary/aromatic N) is 1. The highest BCUT2D eigenvalue weighted by atomic mass is 16.3. The van der Waals surface area contributed by atoms with Crippen molar-refractivity contribution in [3.05, 3.63) is 42.2 Å². The first-order valence-corrected chi connectivity index (χ1v) is 10.6. The van der Waals surface area contributed by atoms with Crippen molar-refractivity contribution in [2.45, 2.75) is 83.8 Å². The highest BCUT2D eigenvalue weighted by Gasteiger charge is 2.75. The van der Waals surface area contributed by atoms with E-state index in [0.717, 1.165) is 24.2 Å². The first kappa shape index (κ1) is 19.1. The molecule has 0 amide bonds. The Kier molecular flexibility index (Phi) is 4.19. The molecule has 3 aliphatic rings. The lowest BCUT2D eigenvalue weighted by molar-refractivity contribution is -0.205.